The van der Waals surface area contributed by atoms with E-state index in [-0.39, 0.29) is 49.5 Å². The summed E-state index contributed by atoms with van der Waals surface area (Å²) >= 11 is 1.32. The number of amides is 3. The highest BCUT2D eigenvalue weighted by Crippen LogP contribution is 2.40. The van der Waals surface area contributed by atoms with Crippen LogP contribution in [0.5, 0.6) is 11.5 Å². The Morgan fingerprint density at radius 1 is 1.10 bits per heavy atom. The van der Waals surface area contributed by atoms with Gasteiger partial charge in [0.25, 0.3) is 0 Å². The number of aromatic nitrogens is 1. The summed E-state index contributed by atoms with van der Waals surface area (Å²) in [5, 5.41) is 0.482. The number of thiazole rings is 1. The molecule has 0 bridgehead atoms. The van der Waals surface area contributed by atoms with Gasteiger partial charge in [-0.05, 0) is 39.2 Å². The van der Waals surface area contributed by atoms with E-state index in [1.165, 1.54) is 11.3 Å². The Balaban J connectivity index is 0.00000341. The SMILES string of the molecule is COc1ccc(OC)c2sc(N(CCCN(C)C)C(=O)CN3C(=O)CCC3=O)nc12.Cl. The molecule has 2 heterocycles. The van der Waals surface area contributed by atoms with E-state index in [0.717, 1.165) is 16.1 Å². The second-order valence-electron chi connectivity index (χ2n) is 7.22. The quantitative estimate of drug-likeness (QED) is 0.518. The molecule has 0 aliphatic carbocycles. The van der Waals surface area contributed by atoms with Crippen molar-refractivity contribution in [1.82, 2.24) is 14.8 Å². The van der Waals surface area contributed by atoms with Gasteiger partial charge >= 0.3 is 0 Å². The number of imide groups is 1. The Labute approximate surface area is 191 Å². The van der Waals surface area contributed by atoms with Crippen molar-refractivity contribution < 1.29 is 23.9 Å². The van der Waals surface area contributed by atoms with Gasteiger partial charge in [0.15, 0.2) is 5.13 Å². The molecule has 0 unspecified atom stereocenters. The van der Waals surface area contributed by atoms with Crippen LogP contribution in [-0.4, -0.2) is 80.5 Å². The number of methoxy groups -OCH3 is 2. The molecule has 3 amide bonds. The van der Waals surface area contributed by atoms with Crippen LogP contribution in [-0.2, 0) is 14.4 Å². The van der Waals surface area contributed by atoms with E-state index in [1.807, 2.05) is 19.0 Å². The van der Waals surface area contributed by atoms with Gasteiger partial charge in [0.2, 0.25) is 17.7 Å². The van der Waals surface area contributed by atoms with Gasteiger partial charge in [0.1, 0.15) is 28.3 Å². The Kier molecular flexibility index (Phi) is 8.60. The molecule has 31 heavy (non-hydrogen) atoms. The molecular weight excluding hydrogens is 444 g/mol. The van der Waals surface area contributed by atoms with Crippen molar-refractivity contribution >= 4 is 56.8 Å². The average molecular weight is 471 g/mol. The number of ether oxygens (including phenoxy) is 2. The number of hydrogen-bond acceptors (Lipinski definition) is 8. The number of anilines is 1. The number of fused-ring (bicyclic) bond motifs is 1. The molecule has 170 valence electrons. The van der Waals surface area contributed by atoms with Crippen molar-refractivity contribution in [2.24, 2.45) is 0 Å². The summed E-state index contributed by atoms with van der Waals surface area (Å²) in [5.41, 5.74) is 0.607. The predicted molar refractivity (Wildman–Crippen MR) is 121 cm³/mol. The number of nitrogens with zero attached hydrogens (tertiary/aromatic N) is 4. The number of benzene rings is 1. The Morgan fingerprint density at radius 2 is 1.71 bits per heavy atom. The summed E-state index contributed by atoms with van der Waals surface area (Å²) in [6.07, 6.45) is 1.02. The minimum atomic E-state index is -0.339. The zero-order chi connectivity index (χ0) is 21.8. The summed E-state index contributed by atoms with van der Waals surface area (Å²) < 4.78 is 11.6. The summed E-state index contributed by atoms with van der Waals surface area (Å²) in [4.78, 5) is 46.3. The van der Waals surface area contributed by atoms with E-state index < -0.39 is 0 Å². The monoisotopic (exact) mass is 470 g/mol. The van der Waals surface area contributed by atoms with Crippen LogP contribution in [0.15, 0.2) is 12.1 Å². The van der Waals surface area contributed by atoms with Gasteiger partial charge in [0, 0.05) is 19.4 Å². The van der Waals surface area contributed by atoms with E-state index in [1.54, 1.807) is 31.3 Å². The Hall–Kier alpha value is -2.43. The minimum Gasteiger partial charge on any atom is -0.495 e. The van der Waals surface area contributed by atoms with Crippen molar-refractivity contribution in [2.75, 3.05) is 52.8 Å². The summed E-state index contributed by atoms with van der Waals surface area (Å²) in [5.74, 6) is 0.261. The molecule has 1 aliphatic heterocycles. The third-order valence-electron chi connectivity index (χ3n) is 4.87. The van der Waals surface area contributed by atoms with Crippen LogP contribution >= 0.6 is 23.7 Å². The van der Waals surface area contributed by atoms with Crippen LogP contribution in [0.2, 0.25) is 0 Å². The maximum Gasteiger partial charge on any atom is 0.248 e. The van der Waals surface area contributed by atoms with E-state index in [2.05, 4.69) is 4.98 Å². The molecule has 0 N–H and O–H groups in total. The molecule has 1 aromatic carbocycles. The van der Waals surface area contributed by atoms with Gasteiger partial charge in [-0.2, -0.15) is 0 Å². The van der Waals surface area contributed by atoms with Gasteiger partial charge in [-0.1, -0.05) is 11.3 Å². The van der Waals surface area contributed by atoms with Gasteiger partial charge in [-0.15, -0.1) is 12.4 Å². The highest BCUT2D eigenvalue weighted by Gasteiger charge is 2.33. The van der Waals surface area contributed by atoms with Gasteiger partial charge in [-0.3, -0.25) is 24.2 Å². The maximum absolute atomic E-state index is 13.1. The fraction of sp³-hybridized carbons (Fsp3) is 0.500. The molecule has 3 rings (SSSR count). The molecule has 0 spiro atoms. The topological polar surface area (TPSA) is 92.3 Å². The summed E-state index contributed by atoms with van der Waals surface area (Å²) in [6.45, 7) is 0.921. The van der Waals surface area contributed by atoms with Gasteiger partial charge < -0.3 is 14.4 Å². The van der Waals surface area contributed by atoms with Crippen LogP contribution < -0.4 is 14.4 Å². The zero-order valence-electron chi connectivity index (χ0n) is 18.0. The fourth-order valence-electron chi connectivity index (χ4n) is 3.28. The number of halogens is 1. The van der Waals surface area contributed by atoms with Crippen LogP contribution in [0, 0.1) is 0 Å². The van der Waals surface area contributed by atoms with E-state index in [0.29, 0.717) is 35.1 Å². The lowest BCUT2D eigenvalue weighted by molar-refractivity contribution is -0.141. The standard InChI is InChI=1S/C20H26N4O5S.ClH/c1-22(2)10-5-11-23(17(27)12-24-15(25)8-9-16(24)26)20-21-18-13(28-3)6-7-14(29-4)19(18)30-20;/h6-7H,5,8-12H2,1-4H3;1H. The molecule has 2 aromatic rings. The molecule has 0 radical (unpaired) electrons. The number of carbonyl (C=O) groups excluding carboxylic acids is 3. The normalized spacial score (nSPS) is 13.6. The van der Waals surface area contributed by atoms with Crippen molar-refractivity contribution in [2.45, 2.75) is 19.3 Å². The Bertz CT molecular complexity index is 907. The predicted octanol–water partition coefficient (Wildman–Crippen LogP) is 2.17. The third kappa shape index (κ3) is 5.44. The second kappa shape index (κ2) is 10.7. The van der Waals surface area contributed by atoms with Crippen LogP contribution in [0.25, 0.3) is 10.2 Å². The first-order chi connectivity index (χ1) is 14.3. The molecule has 1 saturated heterocycles. The summed E-state index contributed by atoms with van der Waals surface area (Å²) in [7, 11) is 7.05. The van der Waals surface area contributed by atoms with Gasteiger partial charge in [-0.25, -0.2) is 4.98 Å². The largest absolute Gasteiger partial charge is 0.495 e. The highest BCUT2D eigenvalue weighted by molar-refractivity contribution is 7.22. The van der Waals surface area contributed by atoms with Crippen molar-refractivity contribution in [3.8, 4) is 11.5 Å². The van der Waals surface area contributed by atoms with Crippen LogP contribution in [0.1, 0.15) is 19.3 Å². The number of carbonyl (C=O) groups is 3. The average Bonchev–Trinajstić information content (AvgIpc) is 3.29. The lowest BCUT2D eigenvalue weighted by Gasteiger charge is -2.23. The van der Waals surface area contributed by atoms with E-state index >= 15 is 0 Å². The fourth-order valence-corrected chi connectivity index (χ4v) is 4.40. The molecular formula is C20H27ClN4O5S. The highest BCUT2D eigenvalue weighted by atomic mass is 35.5. The molecule has 1 aromatic heterocycles. The maximum atomic E-state index is 13.1. The molecule has 1 fully saturated rings. The first kappa shape index (κ1) is 24.8. The first-order valence-electron chi connectivity index (χ1n) is 9.65. The number of rotatable bonds is 9. The smallest absolute Gasteiger partial charge is 0.248 e. The zero-order valence-corrected chi connectivity index (χ0v) is 19.7. The Morgan fingerprint density at radius 3 is 2.29 bits per heavy atom. The van der Waals surface area contributed by atoms with Crippen LogP contribution in [0.4, 0.5) is 5.13 Å². The lowest BCUT2D eigenvalue weighted by Crippen LogP contribution is -2.43. The van der Waals surface area contributed by atoms with Crippen molar-refractivity contribution in [1.29, 1.82) is 0 Å². The lowest BCUT2D eigenvalue weighted by atomic mass is 10.3. The molecule has 0 atom stereocenters. The minimum absolute atomic E-state index is 0. The van der Waals surface area contributed by atoms with E-state index in [9.17, 15) is 14.4 Å². The molecule has 1 aliphatic rings. The van der Waals surface area contributed by atoms with Crippen LogP contribution in [0.3, 0.4) is 0 Å². The molecule has 9 nitrogen and oxygen atoms in total. The second-order valence-corrected chi connectivity index (χ2v) is 8.20. The van der Waals surface area contributed by atoms with E-state index in [4.69, 9.17) is 9.47 Å². The van der Waals surface area contributed by atoms with Gasteiger partial charge in [0.05, 0.1) is 14.2 Å². The van der Waals surface area contributed by atoms with Crippen molar-refractivity contribution in [3.63, 3.8) is 0 Å². The first-order valence-corrected chi connectivity index (χ1v) is 10.5. The third-order valence-corrected chi connectivity index (χ3v) is 5.96. The number of hydrogen-bond donors (Lipinski definition) is 0. The van der Waals surface area contributed by atoms with Crippen molar-refractivity contribution in [3.05, 3.63) is 12.1 Å². The molecule has 11 heteroatoms. The number of likely N-dealkylation sites (tertiary alicyclic amines) is 1. The molecule has 0 saturated carbocycles. The summed E-state index contributed by atoms with van der Waals surface area (Å²) in [6, 6.07) is 3.56.